The largest absolute Gasteiger partial charge is 0.508 e. The summed E-state index contributed by atoms with van der Waals surface area (Å²) >= 11 is 0. The zero-order chi connectivity index (χ0) is 27.4. The lowest BCUT2D eigenvalue weighted by Gasteiger charge is -2.42. The Balaban J connectivity index is 1.43. The minimum absolute atomic E-state index is 0.00676. The van der Waals surface area contributed by atoms with Crippen LogP contribution in [0.5, 0.6) is 17.2 Å². The molecule has 12 heteroatoms. The van der Waals surface area contributed by atoms with Crippen molar-refractivity contribution >= 4 is 6.08 Å². The molecule has 208 valence electrons. The van der Waals surface area contributed by atoms with Crippen LogP contribution in [0.1, 0.15) is 11.1 Å². The van der Waals surface area contributed by atoms with E-state index in [1.54, 1.807) is 30.3 Å². The van der Waals surface area contributed by atoms with Gasteiger partial charge < -0.3 is 59.8 Å². The number of hydrogen-bond donors (Lipinski definition) is 8. The Hall–Kier alpha value is -2.78. The fourth-order valence-electron chi connectivity index (χ4n) is 4.20. The quantitative estimate of drug-likeness (QED) is 0.195. The van der Waals surface area contributed by atoms with Crippen molar-refractivity contribution < 1.29 is 59.8 Å². The second kappa shape index (κ2) is 11.9. The van der Waals surface area contributed by atoms with Crippen LogP contribution < -0.4 is 4.74 Å². The molecular formula is C26H32O12. The van der Waals surface area contributed by atoms with E-state index in [0.29, 0.717) is 17.7 Å². The Morgan fingerprint density at radius 2 is 1.71 bits per heavy atom. The van der Waals surface area contributed by atoms with Crippen molar-refractivity contribution in [2.24, 2.45) is 0 Å². The van der Waals surface area contributed by atoms with Crippen LogP contribution in [0.4, 0.5) is 0 Å². The lowest BCUT2D eigenvalue weighted by molar-refractivity contribution is -0.318. The van der Waals surface area contributed by atoms with Gasteiger partial charge in [-0.25, -0.2) is 0 Å². The van der Waals surface area contributed by atoms with Gasteiger partial charge in [0.15, 0.2) is 12.4 Å². The highest BCUT2D eigenvalue weighted by Crippen LogP contribution is 2.32. The maximum atomic E-state index is 10.7. The molecule has 2 aliphatic rings. The molecule has 2 heterocycles. The predicted molar refractivity (Wildman–Crippen MR) is 130 cm³/mol. The summed E-state index contributed by atoms with van der Waals surface area (Å²) in [6.45, 7) is -1.82. The van der Waals surface area contributed by atoms with Crippen LogP contribution in [0.2, 0.25) is 0 Å². The molecule has 8 N–H and O–H groups in total. The van der Waals surface area contributed by atoms with E-state index in [0.717, 1.165) is 5.56 Å². The van der Waals surface area contributed by atoms with Crippen molar-refractivity contribution in [3.63, 3.8) is 0 Å². The van der Waals surface area contributed by atoms with E-state index in [2.05, 4.69) is 0 Å². The van der Waals surface area contributed by atoms with Crippen molar-refractivity contribution in [1.82, 2.24) is 0 Å². The number of hydrogen-bond acceptors (Lipinski definition) is 12. The molecule has 0 bridgehead atoms. The molecule has 0 spiro atoms. The minimum atomic E-state index is -1.96. The first kappa shape index (κ1) is 28.2. The number of aliphatic hydroxyl groups excluding tert-OH is 5. The molecule has 0 aromatic heterocycles. The Bertz CT molecular complexity index is 1090. The predicted octanol–water partition coefficient (Wildman–Crippen LogP) is -1.00. The van der Waals surface area contributed by atoms with Gasteiger partial charge in [0.05, 0.1) is 19.8 Å². The van der Waals surface area contributed by atoms with E-state index in [-0.39, 0.29) is 11.5 Å². The first-order valence-corrected chi connectivity index (χ1v) is 12.0. The lowest BCUT2D eigenvalue weighted by atomic mass is 9.98. The number of aliphatic hydroxyl groups is 6. The molecule has 38 heavy (non-hydrogen) atoms. The molecule has 4 rings (SSSR count). The second-order valence-corrected chi connectivity index (χ2v) is 9.30. The summed E-state index contributed by atoms with van der Waals surface area (Å²) in [6, 6.07) is 11.1. The smallest absolute Gasteiger partial charge is 0.229 e. The standard InChI is InChI=1S/C26H32O12/c27-11-19-20(31)21(32)22(38-25-23(33)26(34,12-28)13-35-25)24(37-19)36-17-8-4-14(5-9-17)2-1-3-15-6-7-16(29)10-18(15)30/h1-2,4-10,19-25,27-34H,3,11-13H2. The van der Waals surface area contributed by atoms with Gasteiger partial charge in [0.25, 0.3) is 0 Å². The van der Waals surface area contributed by atoms with Crippen molar-refractivity contribution in [3.8, 4) is 17.2 Å². The van der Waals surface area contributed by atoms with Crippen molar-refractivity contribution in [2.75, 3.05) is 19.8 Å². The van der Waals surface area contributed by atoms with Gasteiger partial charge in [-0.05, 0) is 35.7 Å². The third-order valence-corrected chi connectivity index (χ3v) is 6.54. The Kier molecular flexibility index (Phi) is 8.88. The van der Waals surface area contributed by atoms with Crippen LogP contribution in [-0.4, -0.2) is 109 Å². The summed E-state index contributed by atoms with van der Waals surface area (Å²) in [5.41, 5.74) is -0.507. The highest BCUT2D eigenvalue weighted by atomic mass is 16.8. The first-order valence-electron chi connectivity index (χ1n) is 12.0. The summed E-state index contributed by atoms with van der Waals surface area (Å²) in [6.07, 6.45) is -6.09. The van der Waals surface area contributed by atoms with Gasteiger partial charge in [0.2, 0.25) is 6.29 Å². The molecule has 8 unspecified atom stereocenters. The molecule has 0 aliphatic carbocycles. The number of ether oxygens (including phenoxy) is 4. The van der Waals surface area contributed by atoms with Crippen molar-refractivity contribution in [2.45, 2.75) is 55.1 Å². The van der Waals surface area contributed by atoms with Gasteiger partial charge >= 0.3 is 0 Å². The van der Waals surface area contributed by atoms with E-state index in [4.69, 9.17) is 18.9 Å². The van der Waals surface area contributed by atoms with Gasteiger partial charge in [-0.1, -0.05) is 30.4 Å². The molecule has 8 atom stereocenters. The van der Waals surface area contributed by atoms with Crippen molar-refractivity contribution in [3.05, 3.63) is 59.7 Å². The van der Waals surface area contributed by atoms with Crippen LogP contribution >= 0.6 is 0 Å². The number of benzene rings is 2. The zero-order valence-corrected chi connectivity index (χ0v) is 20.3. The van der Waals surface area contributed by atoms with Gasteiger partial charge in [0.1, 0.15) is 47.3 Å². The third-order valence-electron chi connectivity index (χ3n) is 6.54. The Morgan fingerprint density at radius 3 is 2.34 bits per heavy atom. The van der Waals surface area contributed by atoms with E-state index in [1.165, 1.54) is 12.1 Å². The maximum absolute atomic E-state index is 10.7. The molecule has 12 nitrogen and oxygen atoms in total. The molecule has 0 radical (unpaired) electrons. The summed E-state index contributed by atoms with van der Waals surface area (Å²) in [7, 11) is 0. The monoisotopic (exact) mass is 536 g/mol. The SMILES string of the molecule is OCC1OC(Oc2ccc(C=CCc3ccc(O)cc3O)cc2)C(OC2OCC(O)(CO)C2O)C(O)C1O. The van der Waals surface area contributed by atoms with Crippen LogP contribution in [0.3, 0.4) is 0 Å². The maximum Gasteiger partial charge on any atom is 0.229 e. The third kappa shape index (κ3) is 6.10. The fraction of sp³-hybridized carbons (Fsp3) is 0.462. The summed E-state index contributed by atoms with van der Waals surface area (Å²) < 4.78 is 22.3. The van der Waals surface area contributed by atoms with Crippen LogP contribution in [0, 0.1) is 0 Å². The normalized spacial score (nSPS) is 33.6. The second-order valence-electron chi connectivity index (χ2n) is 9.30. The zero-order valence-electron chi connectivity index (χ0n) is 20.3. The van der Waals surface area contributed by atoms with E-state index in [1.807, 2.05) is 12.2 Å². The molecule has 0 saturated carbocycles. The first-order chi connectivity index (χ1) is 18.1. The number of phenols is 2. The number of rotatable bonds is 9. The molecule has 0 amide bonds. The van der Waals surface area contributed by atoms with Crippen molar-refractivity contribution in [1.29, 1.82) is 0 Å². The molecule has 2 aliphatic heterocycles. The molecule has 2 aromatic rings. The van der Waals surface area contributed by atoms with E-state index in [9.17, 15) is 40.9 Å². The minimum Gasteiger partial charge on any atom is -0.508 e. The molecular weight excluding hydrogens is 504 g/mol. The van der Waals surface area contributed by atoms with Crippen LogP contribution in [-0.2, 0) is 20.6 Å². The molecule has 2 saturated heterocycles. The average molecular weight is 537 g/mol. The molecule has 2 aromatic carbocycles. The van der Waals surface area contributed by atoms with Gasteiger partial charge in [-0.3, -0.25) is 0 Å². The number of phenolic OH excluding ortho intramolecular Hbond substituents is 2. The Morgan fingerprint density at radius 1 is 0.974 bits per heavy atom. The fourth-order valence-corrected chi connectivity index (χ4v) is 4.20. The lowest BCUT2D eigenvalue weighted by Crippen LogP contribution is -2.62. The number of allylic oxidation sites excluding steroid dienone is 1. The summed E-state index contributed by atoms with van der Waals surface area (Å²) in [5.74, 6) is 0.274. The number of aromatic hydroxyl groups is 2. The summed E-state index contributed by atoms with van der Waals surface area (Å²) in [5, 5.41) is 79.7. The van der Waals surface area contributed by atoms with Crippen LogP contribution in [0.15, 0.2) is 48.5 Å². The summed E-state index contributed by atoms with van der Waals surface area (Å²) in [4.78, 5) is 0. The Labute approximate surface area is 218 Å². The van der Waals surface area contributed by atoms with E-state index < -0.39 is 68.5 Å². The van der Waals surface area contributed by atoms with Gasteiger partial charge in [0, 0.05) is 6.07 Å². The average Bonchev–Trinajstić information content (AvgIpc) is 3.19. The highest BCUT2D eigenvalue weighted by Gasteiger charge is 2.53. The van der Waals surface area contributed by atoms with E-state index >= 15 is 0 Å². The van der Waals surface area contributed by atoms with Crippen LogP contribution in [0.25, 0.3) is 6.08 Å². The molecule has 2 fully saturated rings. The van der Waals surface area contributed by atoms with Gasteiger partial charge in [-0.15, -0.1) is 0 Å². The topological polar surface area (TPSA) is 199 Å². The van der Waals surface area contributed by atoms with Gasteiger partial charge in [-0.2, -0.15) is 0 Å². The highest BCUT2D eigenvalue weighted by molar-refractivity contribution is 5.52.